The second-order valence-corrected chi connectivity index (χ2v) is 7.77. The van der Waals surface area contributed by atoms with E-state index in [0.29, 0.717) is 5.69 Å². The minimum absolute atomic E-state index is 0.0609. The SMILES string of the molecule is CC(C)C(NC(=O)C(Cc1cnc[nH]1)NC(=O)C(CCC(N)=O)NC(=O)C(N)CO)C(=O)O. The molecule has 1 rings (SSSR count). The number of imidazole rings is 1. The maximum absolute atomic E-state index is 12.9. The first kappa shape index (κ1) is 27.5. The van der Waals surface area contributed by atoms with Gasteiger partial charge >= 0.3 is 5.97 Å². The van der Waals surface area contributed by atoms with Crippen LogP contribution < -0.4 is 27.4 Å². The predicted octanol–water partition coefficient (Wildman–Crippen LogP) is -3.27. The van der Waals surface area contributed by atoms with Crippen LogP contribution in [0.15, 0.2) is 12.5 Å². The molecule has 0 bridgehead atoms. The zero-order valence-electron chi connectivity index (χ0n) is 18.4. The molecule has 4 amide bonds. The number of carboxylic acid groups (broad SMARTS) is 1. The van der Waals surface area contributed by atoms with E-state index in [1.165, 1.54) is 12.5 Å². The van der Waals surface area contributed by atoms with Gasteiger partial charge in [-0.25, -0.2) is 9.78 Å². The van der Waals surface area contributed by atoms with Gasteiger partial charge in [-0.15, -0.1) is 0 Å². The van der Waals surface area contributed by atoms with Crippen molar-refractivity contribution in [1.29, 1.82) is 0 Å². The number of hydrogen-bond donors (Lipinski definition) is 8. The summed E-state index contributed by atoms with van der Waals surface area (Å²) in [6.07, 6.45) is 2.29. The Balaban J connectivity index is 3.07. The number of H-pyrrole nitrogens is 1. The minimum atomic E-state index is -1.31. The van der Waals surface area contributed by atoms with Crippen molar-refractivity contribution in [1.82, 2.24) is 25.9 Å². The molecule has 0 aliphatic carbocycles. The van der Waals surface area contributed by atoms with Crippen molar-refractivity contribution >= 4 is 29.6 Å². The lowest BCUT2D eigenvalue weighted by Gasteiger charge is -2.25. The Morgan fingerprint density at radius 1 is 1.06 bits per heavy atom. The van der Waals surface area contributed by atoms with Crippen molar-refractivity contribution in [3.63, 3.8) is 0 Å². The van der Waals surface area contributed by atoms with Crippen molar-refractivity contribution in [3.8, 4) is 0 Å². The molecule has 0 aliphatic heterocycles. The number of hydrogen-bond acceptors (Lipinski definition) is 8. The molecule has 0 radical (unpaired) electrons. The Hall–Kier alpha value is -3.52. The highest BCUT2D eigenvalue weighted by Crippen LogP contribution is 2.06. The maximum atomic E-state index is 12.9. The molecule has 184 valence electrons. The number of nitrogens with zero attached hydrogens (tertiary/aromatic N) is 1. The molecule has 14 nitrogen and oxygen atoms in total. The lowest BCUT2D eigenvalue weighted by atomic mass is 10.0. The van der Waals surface area contributed by atoms with Gasteiger partial charge in [0, 0.05) is 24.7 Å². The number of carboxylic acids is 1. The van der Waals surface area contributed by atoms with Gasteiger partial charge in [0.1, 0.15) is 24.2 Å². The number of carbonyl (C=O) groups excluding carboxylic acids is 4. The second-order valence-electron chi connectivity index (χ2n) is 7.77. The van der Waals surface area contributed by atoms with Crippen LogP contribution in [0.1, 0.15) is 32.4 Å². The van der Waals surface area contributed by atoms with Gasteiger partial charge in [0.05, 0.1) is 12.9 Å². The lowest BCUT2D eigenvalue weighted by molar-refractivity contribution is -0.143. The van der Waals surface area contributed by atoms with Crippen molar-refractivity contribution in [2.45, 2.75) is 57.3 Å². The van der Waals surface area contributed by atoms with Crippen LogP contribution in [0.2, 0.25) is 0 Å². The van der Waals surface area contributed by atoms with Crippen LogP contribution in [0.3, 0.4) is 0 Å². The number of aliphatic hydroxyl groups excluding tert-OH is 1. The molecular weight excluding hydrogens is 438 g/mol. The Morgan fingerprint density at radius 3 is 2.15 bits per heavy atom. The Labute approximate surface area is 189 Å². The number of aliphatic carboxylic acids is 1. The fourth-order valence-electron chi connectivity index (χ4n) is 2.78. The highest BCUT2D eigenvalue weighted by molar-refractivity contribution is 5.94. The van der Waals surface area contributed by atoms with Crippen molar-refractivity contribution in [2.24, 2.45) is 17.4 Å². The average Bonchev–Trinajstić information content (AvgIpc) is 3.25. The Kier molecular flexibility index (Phi) is 10.9. The number of aromatic amines is 1. The molecule has 1 aromatic rings. The molecule has 0 aliphatic rings. The zero-order chi connectivity index (χ0) is 25.1. The summed E-state index contributed by atoms with van der Waals surface area (Å²) < 4.78 is 0. The van der Waals surface area contributed by atoms with Gasteiger partial charge in [0.15, 0.2) is 0 Å². The quantitative estimate of drug-likeness (QED) is 0.136. The van der Waals surface area contributed by atoms with Crippen LogP contribution in [0, 0.1) is 5.92 Å². The number of amides is 4. The van der Waals surface area contributed by atoms with E-state index < -0.39 is 66.3 Å². The zero-order valence-corrected chi connectivity index (χ0v) is 18.4. The molecule has 1 aromatic heterocycles. The molecule has 0 spiro atoms. The number of rotatable bonds is 14. The smallest absolute Gasteiger partial charge is 0.326 e. The fourth-order valence-corrected chi connectivity index (χ4v) is 2.78. The number of aliphatic hydroxyl groups is 1. The predicted molar refractivity (Wildman–Crippen MR) is 114 cm³/mol. The largest absolute Gasteiger partial charge is 0.480 e. The fraction of sp³-hybridized carbons (Fsp3) is 0.579. The van der Waals surface area contributed by atoms with Crippen molar-refractivity contribution in [3.05, 3.63) is 18.2 Å². The molecule has 0 fully saturated rings. The van der Waals surface area contributed by atoms with E-state index in [0.717, 1.165) is 0 Å². The molecule has 1 heterocycles. The van der Waals surface area contributed by atoms with E-state index in [2.05, 4.69) is 25.9 Å². The summed E-state index contributed by atoms with van der Waals surface area (Å²) in [5, 5.41) is 25.6. The lowest BCUT2D eigenvalue weighted by Crippen LogP contribution is -2.58. The first-order valence-electron chi connectivity index (χ1n) is 10.2. The second kappa shape index (κ2) is 13.1. The average molecular weight is 469 g/mol. The molecule has 10 N–H and O–H groups in total. The summed E-state index contributed by atoms with van der Waals surface area (Å²) in [7, 11) is 0. The molecule has 4 atom stereocenters. The summed E-state index contributed by atoms with van der Waals surface area (Å²) in [6, 6.07) is -5.04. The van der Waals surface area contributed by atoms with E-state index in [1.54, 1.807) is 13.8 Å². The van der Waals surface area contributed by atoms with Gasteiger partial charge in [0.2, 0.25) is 23.6 Å². The molecule has 33 heavy (non-hydrogen) atoms. The van der Waals surface area contributed by atoms with Crippen LogP contribution in [0.25, 0.3) is 0 Å². The van der Waals surface area contributed by atoms with Crippen LogP contribution >= 0.6 is 0 Å². The van der Waals surface area contributed by atoms with Crippen LogP contribution in [-0.2, 0) is 30.4 Å². The summed E-state index contributed by atoms with van der Waals surface area (Å²) in [5.74, 6) is -4.84. The molecular formula is C19H31N7O7. The Bertz CT molecular complexity index is 828. The molecule has 14 heteroatoms. The van der Waals surface area contributed by atoms with E-state index >= 15 is 0 Å². The molecule has 0 saturated heterocycles. The van der Waals surface area contributed by atoms with Gasteiger partial charge in [0.25, 0.3) is 0 Å². The highest BCUT2D eigenvalue weighted by Gasteiger charge is 2.31. The minimum Gasteiger partial charge on any atom is -0.480 e. The van der Waals surface area contributed by atoms with Gasteiger partial charge in [-0.2, -0.15) is 0 Å². The number of carbonyl (C=O) groups is 5. The van der Waals surface area contributed by atoms with Gasteiger partial charge in [-0.3, -0.25) is 19.2 Å². The van der Waals surface area contributed by atoms with Crippen molar-refractivity contribution in [2.75, 3.05) is 6.61 Å². The van der Waals surface area contributed by atoms with E-state index in [-0.39, 0.29) is 19.3 Å². The third-order valence-electron chi connectivity index (χ3n) is 4.69. The molecule has 0 aromatic carbocycles. The highest BCUT2D eigenvalue weighted by atomic mass is 16.4. The number of aromatic nitrogens is 2. The first-order chi connectivity index (χ1) is 15.5. The van der Waals surface area contributed by atoms with Gasteiger partial charge in [-0.05, 0) is 12.3 Å². The van der Waals surface area contributed by atoms with E-state index in [4.69, 9.17) is 16.6 Å². The summed E-state index contributed by atoms with van der Waals surface area (Å²) in [6.45, 7) is 2.55. The van der Waals surface area contributed by atoms with E-state index in [9.17, 15) is 29.1 Å². The third-order valence-corrected chi connectivity index (χ3v) is 4.69. The van der Waals surface area contributed by atoms with Crippen LogP contribution in [-0.4, -0.2) is 80.6 Å². The standard InChI is InChI=1S/C19H31N7O7/c1-9(2)15(19(32)33)26-18(31)13(5-10-6-22-8-23-10)25-17(30)12(3-4-14(21)28)24-16(29)11(20)7-27/h6,8-9,11-13,15,27H,3-5,7,20H2,1-2H3,(H2,21,28)(H,22,23)(H,24,29)(H,25,30)(H,26,31)(H,32,33). The first-order valence-corrected chi connectivity index (χ1v) is 10.2. The normalized spacial score (nSPS) is 14.6. The topological polar surface area (TPSA) is 243 Å². The maximum Gasteiger partial charge on any atom is 0.326 e. The third kappa shape index (κ3) is 9.24. The van der Waals surface area contributed by atoms with Crippen LogP contribution in [0.4, 0.5) is 0 Å². The number of nitrogens with one attached hydrogen (secondary N) is 4. The van der Waals surface area contributed by atoms with Gasteiger partial charge in [-0.1, -0.05) is 13.8 Å². The summed E-state index contributed by atoms with van der Waals surface area (Å²) in [5.41, 5.74) is 11.1. The van der Waals surface area contributed by atoms with Crippen LogP contribution in [0.5, 0.6) is 0 Å². The van der Waals surface area contributed by atoms with Crippen molar-refractivity contribution < 1.29 is 34.2 Å². The number of nitrogens with two attached hydrogens (primary N) is 2. The van der Waals surface area contributed by atoms with E-state index in [1.807, 2.05) is 0 Å². The number of primary amides is 1. The van der Waals surface area contributed by atoms with Gasteiger partial charge < -0.3 is 42.6 Å². The monoisotopic (exact) mass is 469 g/mol. The molecule has 4 unspecified atom stereocenters. The summed E-state index contributed by atoms with van der Waals surface area (Å²) in [4.78, 5) is 67.1. The summed E-state index contributed by atoms with van der Waals surface area (Å²) >= 11 is 0. The molecule has 0 saturated carbocycles. The Morgan fingerprint density at radius 2 is 1.67 bits per heavy atom.